The van der Waals surface area contributed by atoms with E-state index in [0.717, 1.165) is 19.3 Å². The van der Waals surface area contributed by atoms with Crippen molar-refractivity contribution in [3.05, 3.63) is 18.2 Å². The number of benzene rings is 1. The van der Waals surface area contributed by atoms with Crippen molar-refractivity contribution in [1.82, 2.24) is 4.31 Å². The van der Waals surface area contributed by atoms with Crippen molar-refractivity contribution in [1.29, 1.82) is 0 Å². The van der Waals surface area contributed by atoms with Crippen LogP contribution >= 0.6 is 0 Å². The van der Waals surface area contributed by atoms with Crippen LogP contribution in [-0.2, 0) is 14.8 Å². The molecule has 1 aliphatic rings. The summed E-state index contributed by atoms with van der Waals surface area (Å²) in [6.45, 7) is 4.90. The van der Waals surface area contributed by atoms with Crippen molar-refractivity contribution in [3.8, 4) is 0 Å². The number of sulfonamides is 1. The highest BCUT2D eigenvalue weighted by Crippen LogP contribution is 2.33. The SMILES string of the molecule is CCN(CC)S(=O)(=O)c1ccc(NC)c(NC(=O)[C@@H]2CCC[C@@H]2CN)c1. The highest BCUT2D eigenvalue weighted by molar-refractivity contribution is 7.89. The molecular weight excluding hydrogens is 352 g/mol. The van der Waals surface area contributed by atoms with Gasteiger partial charge in [-0.2, -0.15) is 4.31 Å². The molecule has 1 aromatic carbocycles. The fourth-order valence-electron chi connectivity index (χ4n) is 3.61. The quantitative estimate of drug-likeness (QED) is 0.638. The third kappa shape index (κ3) is 4.19. The second kappa shape index (κ2) is 8.83. The Kier molecular flexibility index (Phi) is 7.02. The smallest absolute Gasteiger partial charge is 0.243 e. The summed E-state index contributed by atoms with van der Waals surface area (Å²) < 4.78 is 26.9. The second-order valence-corrected chi connectivity index (χ2v) is 8.51. The molecular formula is C18H30N4O3S. The Balaban J connectivity index is 2.31. The molecule has 0 saturated heterocycles. The molecule has 26 heavy (non-hydrogen) atoms. The van der Waals surface area contributed by atoms with Crippen LogP contribution < -0.4 is 16.4 Å². The summed E-state index contributed by atoms with van der Waals surface area (Å²) in [5.41, 5.74) is 6.94. The van der Waals surface area contributed by atoms with Gasteiger partial charge in [-0.05, 0) is 43.5 Å². The Bertz CT molecular complexity index is 732. The Hall–Kier alpha value is -1.64. The average Bonchev–Trinajstić information content (AvgIpc) is 3.11. The lowest BCUT2D eigenvalue weighted by Crippen LogP contribution is -2.31. The number of nitrogens with zero attached hydrogens (tertiary/aromatic N) is 1. The molecule has 1 amide bonds. The highest BCUT2D eigenvalue weighted by Gasteiger charge is 2.32. The summed E-state index contributed by atoms with van der Waals surface area (Å²) in [5.74, 6) is -0.0183. The maximum atomic E-state index is 12.8. The molecule has 1 aliphatic carbocycles. The van der Waals surface area contributed by atoms with E-state index >= 15 is 0 Å². The van der Waals surface area contributed by atoms with Crippen LogP contribution in [0, 0.1) is 11.8 Å². The fraction of sp³-hybridized carbons (Fsp3) is 0.611. The number of hydrogen-bond donors (Lipinski definition) is 3. The predicted molar refractivity (Wildman–Crippen MR) is 105 cm³/mol. The lowest BCUT2D eigenvalue weighted by molar-refractivity contribution is -0.120. The van der Waals surface area contributed by atoms with Gasteiger partial charge in [0.2, 0.25) is 15.9 Å². The molecule has 4 N–H and O–H groups in total. The van der Waals surface area contributed by atoms with Crippen molar-refractivity contribution in [2.24, 2.45) is 17.6 Å². The summed E-state index contributed by atoms with van der Waals surface area (Å²) in [7, 11) is -1.85. The predicted octanol–water partition coefficient (Wildman–Crippen LogP) is 2.07. The van der Waals surface area contributed by atoms with Crippen LogP contribution in [0.1, 0.15) is 33.1 Å². The topological polar surface area (TPSA) is 105 Å². The van der Waals surface area contributed by atoms with Crippen LogP contribution in [0.5, 0.6) is 0 Å². The largest absolute Gasteiger partial charge is 0.386 e. The first-order valence-electron chi connectivity index (χ1n) is 9.21. The number of carbonyl (C=O) groups excluding carboxylic acids is 1. The van der Waals surface area contributed by atoms with E-state index in [4.69, 9.17) is 5.73 Å². The van der Waals surface area contributed by atoms with E-state index in [0.29, 0.717) is 31.0 Å². The van der Waals surface area contributed by atoms with Gasteiger partial charge in [-0.15, -0.1) is 0 Å². The Morgan fingerprint density at radius 3 is 2.50 bits per heavy atom. The summed E-state index contributed by atoms with van der Waals surface area (Å²) >= 11 is 0. The molecule has 2 atom stereocenters. The molecule has 1 fully saturated rings. The zero-order valence-corrected chi connectivity index (χ0v) is 16.6. The van der Waals surface area contributed by atoms with E-state index in [9.17, 15) is 13.2 Å². The van der Waals surface area contributed by atoms with Gasteiger partial charge in [0.05, 0.1) is 16.3 Å². The highest BCUT2D eigenvalue weighted by atomic mass is 32.2. The van der Waals surface area contributed by atoms with Crippen molar-refractivity contribution in [2.75, 3.05) is 37.3 Å². The monoisotopic (exact) mass is 382 g/mol. The van der Waals surface area contributed by atoms with E-state index in [1.54, 1.807) is 33.0 Å². The van der Waals surface area contributed by atoms with Crippen LogP contribution in [0.3, 0.4) is 0 Å². The summed E-state index contributed by atoms with van der Waals surface area (Å²) in [5, 5.41) is 5.92. The fourth-order valence-corrected chi connectivity index (χ4v) is 5.09. The zero-order chi connectivity index (χ0) is 19.3. The minimum absolute atomic E-state index is 0.0909. The Labute approximate surface area is 156 Å². The van der Waals surface area contributed by atoms with Gasteiger partial charge < -0.3 is 16.4 Å². The number of rotatable bonds is 8. The first-order chi connectivity index (χ1) is 12.4. The van der Waals surface area contributed by atoms with Crippen molar-refractivity contribution in [3.63, 3.8) is 0 Å². The van der Waals surface area contributed by atoms with Crippen molar-refractivity contribution < 1.29 is 13.2 Å². The van der Waals surface area contributed by atoms with Crippen LogP contribution in [0.15, 0.2) is 23.1 Å². The molecule has 0 unspecified atom stereocenters. The third-order valence-corrected chi connectivity index (χ3v) is 7.21. The number of carbonyl (C=O) groups is 1. The van der Waals surface area contributed by atoms with E-state index in [2.05, 4.69) is 10.6 Å². The lowest BCUT2D eigenvalue weighted by atomic mass is 9.95. The number of amides is 1. The van der Waals surface area contributed by atoms with Gasteiger partial charge in [-0.1, -0.05) is 20.3 Å². The molecule has 2 rings (SSSR count). The number of anilines is 2. The maximum Gasteiger partial charge on any atom is 0.243 e. The molecule has 8 heteroatoms. The van der Waals surface area contributed by atoms with Gasteiger partial charge in [0.15, 0.2) is 0 Å². The van der Waals surface area contributed by atoms with E-state index in [1.165, 1.54) is 10.4 Å². The van der Waals surface area contributed by atoms with Gasteiger partial charge in [0, 0.05) is 26.1 Å². The van der Waals surface area contributed by atoms with Crippen LogP contribution in [0.4, 0.5) is 11.4 Å². The number of nitrogens with one attached hydrogen (secondary N) is 2. The van der Waals surface area contributed by atoms with Crippen LogP contribution in [-0.4, -0.2) is 45.3 Å². The molecule has 0 radical (unpaired) electrons. The minimum Gasteiger partial charge on any atom is -0.386 e. The standard InChI is InChI=1S/C18H30N4O3S/c1-4-22(5-2)26(24,25)14-9-10-16(20-3)17(11-14)21-18(23)15-8-6-7-13(15)12-19/h9-11,13,15,20H,4-8,12,19H2,1-3H3,(H,21,23)/t13-,15-/m1/s1. The number of nitrogens with two attached hydrogens (primary N) is 1. The summed E-state index contributed by atoms with van der Waals surface area (Å²) in [6.07, 6.45) is 2.78. The zero-order valence-electron chi connectivity index (χ0n) is 15.8. The first-order valence-corrected chi connectivity index (χ1v) is 10.7. The van der Waals surface area contributed by atoms with E-state index < -0.39 is 10.0 Å². The summed E-state index contributed by atoms with van der Waals surface area (Å²) in [6, 6.07) is 4.78. The van der Waals surface area contributed by atoms with Gasteiger partial charge in [0.25, 0.3) is 0 Å². The molecule has 1 aromatic rings. The molecule has 0 bridgehead atoms. The minimum atomic E-state index is -3.58. The van der Waals surface area contributed by atoms with Crippen molar-refractivity contribution in [2.45, 2.75) is 38.0 Å². The summed E-state index contributed by atoms with van der Waals surface area (Å²) in [4.78, 5) is 12.9. The third-order valence-electron chi connectivity index (χ3n) is 5.16. The van der Waals surface area contributed by atoms with Crippen molar-refractivity contribution >= 4 is 27.3 Å². The molecule has 0 spiro atoms. The van der Waals surface area contributed by atoms with Gasteiger partial charge in [-0.3, -0.25) is 4.79 Å². The van der Waals surface area contributed by atoms with Gasteiger partial charge >= 0.3 is 0 Å². The second-order valence-electron chi connectivity index (χ2n) is 6.57. The first kappa shape index (κ1) is 20.7. The normalized spacial score (nSPS) is 20.3. The maximum absolute atomic E-state index is 12.8. The Morgan fingerprint density at radius 1 is 1.23 bits per heavy atom. The molecule has 0 heterocycles. The van der Waals surface area contributed by atoms with Crippen LogP contribution in [0.2, 0.25) is 0 Å². The Morgan fingerprint density at radius 2 is 1.92 bits per heavy atom. The van der Waals surface area contributed by atoms with Gasteiger partial charge in [0.1, 0.15) is 0 Å². The molecule has 7 nitrogen and oxygen atoms in total. The van der Waals surface area contributed by atoms with Crippen LogP contribution in [0.25, 0.3) is 0 Å². The van der Waals surface area contributed by atoms with E-state index in [-0.39, 0.29) is 22.6 Å². The molecule has 146 valence electrons. The average molecular weight is 383 g/mol. The van der Waals surface area contributed by atoms with Gasteiger partial charge in [-0.25, -0.2) is 8.42 Å². The molecule has 0 aliphatic heterocycles. The molecule has 1 saturated carbocycles. The number of hydrogen-bond acceptors (Lipinski definition) is 5. The molecule has 0 aromatic heterocycles. The van der Waals surface area contributed by atoms with E-state index in [1.807, 2.05) is 0 Å². The lowest BCUT2D eigenvalue weighted by Gasteiger charge is -2.21.